The van der Waals surface area contributed by atoms with Crippen molar-refractivity contribution in [2.45, 2.75) is 58.0 Å². The molecule has 2 rings (SSSR count). The first-order valence-electron chi connectivity index (χ1n) is 7.63. The lowest BCUT2D eigenvalue weighted by Gasteiger charge is -2.44. The van der Waals surface area contributed by atoms with Crippen LogP contribution in [-0.4, -0.2) is 50.3 Å². The standard InChI is InChI=1S/C15H30N2O/c1-13(2)16-11-15(7-9-18-10-8-15)12-17(3)14-5-4-6-14/h13-14,16H,4-12H2,1-3H3. The Morgan fingerprint density at radius 1 is 1.28 bits per heavy atom. The van der Waals surface area contributed by atoms with E-state index in [-0.39, 0.29) is 0 Å². The lowest BCUT2D eigenvalue weighted by atomic mass is 9.78. The van der Waals surface area contributed by atoms with Gasteiger partial charge in [-0.05, 0) is 38.1 Å². The van der Waals surface area contributed by atoms with Gasteiger partial charge in [0, 0.05) is 38.4 Å². The van der Waals surface area contributed by atoms with Crippen molar-refractivity contribution >= 4 is 0 Å². The van der Waals surface area contributed by atoms with Gasteiger partial charge in [0.05, 0.1) is 0 Å². The molecule has 1 saturated carbocycles. The van der Waals surface area contributed by atoms with Crippen LogP contribution in [0.25, 0.3) is 0 Å². The van der Waals surface area contributed by atoms with Gasteiger partial charge in [-0.15, -0.1) is 0 Å². The van der Waals surface area contributed by atoms with Crippen molar-refractivity contribution < 1.29 is 4.74 Å². The predicted octanol–water partition coefficient (Wildman–Crippen LogP) is 2.27. The molecule has 3 heteroatoms. The maximum absolute atomic E-state index is 5.57. The maximum atomic E-state index is 5.57. The molecule has 0 aromatic heterocycles. The third kappa shape index (κ3) is 3.69. The Morgan fingerprint density at radius 2 is 1.94 bits per heavy atom. The van der Waals surface area contributed by atoms with Crippen molar-refractivity contribution in [1.29, 1.82) is 0 Å². The first kappa shape index (κ1) is 14.3. The Bertz CT molecular complexity index is 245. The summed E-state index contributed by atoms with van der Waals surface area (Å²) in [6.07, 6.45) is 6.66. The predicted molar refractivity (Wildman–Crippen MR) is 75.9 cm³/mol. The Labute approximate surface area is 112 Å². The second kappa shape index (κ2) is 6.36. The summed E-state index contributed by atoms with van der Waals surface area (Å²) in [5.41, 5.74) is 0.437. The fourth-order valence-electron chi connectivity index (χ4n) is 3.10. The monoisotopic (exact) mass is 254 g/mol. The van der Waals surface area contributed by atoms with Crippen molar-refractivity contribution in [2.75, 3.05) is 33.4 Å². The van der Waals surface area contributed by atoms with Gasteiger partial charge in [-0.25, -0.2) is 0 Å². The van der Waals surface area contributed by atoms with E-state index in [0.717, 1.165) is 25.8 Å². The largest absolute Gasteiger partial charge is 0.381 e. The van der Waals surface area contributed by atoms with Crippen LogP contribution in [0.15, 0.2) is 0 Å². The topological polar surface area (TPSA) is 24.5 Å². The number of ether oxygens (including phenoxy) is 1. The highest BCUT2D eigenvalue weighted by Gasteiger charge is 2.36. The second-order valence-electron chi connectivity index (χ2n) is 6.65. The highest BCUT2D eigenvalue weighted by Crippen LogP contribution is 2.33. The summed E-state index contributed by atoms with van der Waals surface area (Å²) in [7, 11) is 2.32. The Balaban J connectivity index is 1.89. The third-order valence-electron chi connectivity index (χ3n) is 4.72. The number of rotatable bonds is 6. The number of hydrogen-bond donors (Lipinski definition) is 1. The van der Waals surface area contributed by atoms with Crippen molar-refractivity contribution in [3.8, 4) is 0 Å². The summed E-state index contributed by atoms with van der Waals surface area (Å²) in [5, 5.41) is 3.65. The van der Waals surface area contributed by atoms with Crippen molar-refractivity contribution in [1.82, 2.24) is 10.2 Å². The van der Waals surface area contributed by atoms with Crippen molar-refractivity contribution in [2.24, 2.45) is 5.41 Å². The minimum absolute atomic E-state index is 0.437. The molecule has 0 aromatic carbocycles. The molecule has 0 atom stereocenters. The number of hydrogen-bond acceptors (Lipinski definition) is 3. The van der Waals surface area contributed by atoms with Gasteiger partial charge >= 0.3 is 0 Å². The summed E-state index contributed by atoms with van der Waals surface area (Å²) in [4.78, 5) is 2.61. The van der Waals surface area contributed by atoms with Gasteiger partial charge in [-0.2, -0.15) is 0 Å². The molecule has 1 heterocycles. The van der Waals surface area contributed by atoms with Crippen LogP contribution in [0, 0.1) is 5.41 Å². The van der Waals surface area contributed by atoms with E-state index in [1.165, 1.54) is 38.6 Å². The van der Waals surface area contributed by atoms with E-state index in [0.29, 0.717) is 11.5 Å². The zero-order chi connectivity index (χ0) is 13.0. The average Bonchev–Trinajstić information content (AvgIpc) is 2.25. The molecule has 0 amide bonds. The molecule has 2 aliphatic rings. The molecule has 3 nitrogen and oxygen atoms in total. The molecule has 1 saturated heterocycles. The molecule has 106 valence electrons. The average molecular weight is 254 g/mol. The molecule has 1 aliphatic carbocycles. The lowest BCUT2D eigenvalue weighted by molar-refractivity contribution is -0.0137. The highest BCUT2D eigenvalue weighted by molar-refractivity contribution is 4.90. The molecule has 0 radical (unpaired) electrons. The first-order valence-corrected chi connectivity index (χ1v) is 7.63. The van der Waals surface area contributed by atoms with Crippen LogP contribution >= 0.6 is 0 Å². The van der Waals surface area contributed by atoms with Gasteiger partial charge in [-0.1, -0.05) is 20.3 Å². The van der Waals surface area contributed by atoms with Crippen molar-refractivity contribution in [3.05, 3.63) is 0 Å². The van der Waals surface area contributed by atoms with E-state index in [1.807, 2.05) is 0 Å². The minimum atomic E-state index is 0.437. The number of nitrogens with one attached hydrogen (secondary N) is 1. The Kier molecular flexibility index (Phi) is 5.05. The molecule has 1 N–H and O–H groups in total. The van der Waals surface area contributed by atoms with Crippen LogP contribution < -0.4 is 5.32 Å². The summed E-state index contributed by atoms with van der Waals surface area (Å²) in [6, 6.07) is 1.43. The fraction of sp³-hybridized carbons (Fsp3) is 1.00. The van der Waals surface area contributed by atoms with Gasteiger partial charge in [0.2, 0.25) is 0 Å². The number of nitrogens with zero attached hydrogens (tertiary/aromatic N) is 1. The van der Waals surface area contributed by atoms with Crippen LogP contribution in [0.2, 0.25) is 0 Å². The van der Waals surface area contributed by atoms with Gasteiger partial charge in [-0.3, -0.25) is 0 Å². The van der Waals surface area contributed by atoms with Crippen LogP contribution in [0.4, 0.5) is 0 Å². The van der Waals surface area contributed by atoms with E-state index in [2.05, 4.69) is 31.1 Å². The fourth-order valence-corrected chi connectivity index (χ4v) is 3.10. The van der Waals surface area contributed by atoms with E-state index >= 15 is 0 Å². The van der Waals surface area contributed by atoms with E-state index < -0.39 is 0 Å². The molecular formula is C15H30N2O. The van der Waals surface area contributed by atoms with Gasteiger partial charge < -0.3 is 15.0 Å². The van der Waals surface area contributed by atoms with E-state index in [1.54, 1.807) is 0 Å². The Morgan fingerprint density at radius 3 is 2.44 bits per heavy atom. The van der Waals surface area contributed by atoms with Crippen LogP contribution in [0.5, 0.6) is 0 Å². The molecular weight excluding hydrogens is 224 g/mol. The van der Waals surface area contributed by atoms with Crippen LogP contribution in [0.3, 0.4) is 0 Å². The van der Waals surface area contributed by atoms with Crippen molar-refractivity contribution in [3.63, 3.8) is 0 Å². The molecule has 2 fully saturated rings. The summed E-state index contributed by atoms with van der Waals surface area (Å²) >= 11 is 0. The quantitative estimate of drug-likeness (QED) is 0.787. The van der Waals surface area contributed by atoms with E-state index in [4.69, 9.17) is 4.74 Å². The molecule has 0 bridgehead atoms. The SMILES string of the molecule is CC(C)NCC1(CN(C)C2CCC2)CCOCC1. The Hall–Kier alpha value is -0.120. The first-order chi connectivity index (χ1) is 8.61. The third-order valence-corrected chi connectivity index (χ3v) is 4.72. The minimum Gasteiger partial charge on any atom is -0.381 e. The smallest absolute Gasteiger partial charge is 0.0472 e. The second-order valence-corrected chi connectivity index (χ2v) is 6.65. The normalized spacial score (nSPS) is 24.5. The maximum Gasteiger partial charge on any atom is 0.0472 e. The molecule has 1 aliphatic heterocycles. The zero-order valence-corrected chi connectivity index (χ0v) is 12.4. The van der Waals surface area contributed by atoms with Crippen LogP contribution in [0.1, 0.15) is 46.0 Å². The zero-order valence-electron chi connectivity index (χ0n) is 12.4. The molecule has 0 aromatic rings. The highest BCUT2D eigenvalue weighted by atomic mass is 16.5. The van der Waals surface area contributed by atoms with Gasteiger partial charge in [0.25, 0.3) is 0 Å². The molecule has 0 spiro atoms. The summed E-state index contributed by atoms with van der Waals surface area (Å²) in [6.45, 7) is 8.74. The van der Waals surface area contributed by atoms with E-state index in [9.17, 15) is 0 Å². The lowest BCUT2D eigenvalue weighted by Crippen LogP contribution is -2.51. The van der Waals surface area contributed by atoms with Gasteiger partial charge in [0.1, 0.15) is 0 Å². The summed E-state index contributed by atoms with van der Waals surface area (Å²) in [5.74, 6) is 0. The van der Waals surface area contributed by atoms with Crippen LogP contribution in [-0.2, 0) is 4.74 Å². The van der Waals surface area contributed by atoms with Gasteiger partial charge in [0.15, 0.2) is 0 Å². The molecule has 18 heavy (non-hydrogen) atoms. The summed E-state index contributed by atoms with van der Waals surface area (Å²) < 4.78 is 5.57. The molecule has 0 unspecified atom stereocenters.